The van der Waals surface area contributed by atoms with Crippen LogP contribution in [0.1, 0.15) is 41.5 Å². The molecule has 0 atom stereocenters. The van der Waals surface area contributed by atoms with Crippen molar-refractivity contribution in [3.05, 3.63) is 6.42 Å². The van der Waals surface area contributed by atoms with E-state index in [1.165, 1.54) is 0 Å². The third-order valence-corrected chi connectivity index (χ3v) is 7.45. The maximum atomic E-state index is 6.05. The van der Waals surface area contributed by atoms with E-state index in [-0.39, 0.29) is 5.41 Å². The van der Waals surface area contributed by atoms with Gasteiger partial charge in [0.25, 0.3) is 0 Å². The average molecular weight is 215 g/mol. The molecular formula is C12H27OSi. The normalized spacial score (nSPS) is 14.6. The van der Waals surface area contributed by atoms with E-state index in [1.807, 2.05) is 0 Å². The largest absolute Gasteiger partial charge is 0.417 e. The van der Waals surface area contributed by atoms with Gasteiger partial charge in [-0.2, -0.15) is 0 Å². The molecule has 0 aromatic carbocycles. The quantitative estimate of drug-likeness (QED) is 0.639. The van der Waals surface area contributed by atoms with E-state index in [2.05, 4.69) is 61.1 Å². The highest BCUT2D eigenvalue weighted by atomic mass is 28.4. The molecule has 2 heteroatoms. The molecule has 1 nitrogen and oxygen atoms in total. The lowest BCUT2D eigenvalue weighted by molar-refractivity contribution is 0.284. The van der Waals surface area contributed by atoms with Gasteiger partial charge in [0.2, 0.25) is 0 Å². The second-order valence-corrected chi connectivity index (χ2v) is 11.5. The summed E-state index contributed by atoms with van der Waals surface area (Å²) < 4.78 is 6.05. The van der Waals surface area contributed by atoms with Gasteiger partial charge in [-0.05, 0) is 30.0 Å². The number of rotatable bonds is 3. The molecule has 1 radical (unpaired) electrons. The molecule has 0 saturated heterocycles. The van der Waals surface area contributed by atoms with E-state index in [9.17, 15) is 0 Å². The zero-order valence-electron chi connectivity index (χ0n) is 11.2. The lowest BCUT2D eigenvalue weighted by atomic mass is 9.93. The molecule has 0 fully saturated rings. The van der Waals surface area contributed by atoms with Crippen LogP contribution < -0.4 is 0 Å². The van der Waals surface area contributed by atoms with Gasteiger partial charge in [0.1, 0.15) is 0 Å². The first kappa shape index (κ1) is 14.2. The van der Waals surface area contributed by atoms with Crippen molar-refractivity contribution in [3.63, 3.8) is 0 Å². The molecule has 0 amide bonds. The van der Waals surface area contributed by atoms with E-state index < -0.39 is 8.32 Å². The summed E-state index contributed by atoms with van der Waals surface area (Å²) in [5.41, 5.74) is 0.266. The summed E-state index contributed by atoms with van der Waals surface area (Å²) in [6.07, 6.45) is 2.26. The second kappa shape index (κ2) is 4.36. The van der Waals surface area contributed by atoms with Crippen LogP contribution in [0, 0.1) is 11.8 Å². The summed E-state index contributed by atoms with van der Waals surface area (Å²) in [4.78, 5) is 0. The van der Waals surface area contributed by atoms with Crippen molar-refractivity contribution in [2.45, 2.75) is 59.7 Å². The summed E-state index contributed by atoms with van der Waals surface area (Å²) in [7, 11) is -1.54. The molecule has 85 valence electrons. The monoisotopic (exact) mass is 215 g/mol. The fourth-order valence-corrected chi connectivity index (χ4v) is 1.65. The first-order valence-corrected chi connectivity index (χ1v) is 8.35. The molecule has 0 aliphatic rings. The van der Waals surface area contributed by atoms with Crippen LogP contribution in [0.5, 0.6) is 0 Å². The minimum atomic E-state index is -1.54. The second-order valence-electron chi connectivity index (χ2n) is 6.64. The first-order chi connectivity index (χ1) is 5.96. The Morgan fingerprint density at radius 2 is 1.43 bits per heavy atom. The van der Waals surface area contributed by atoms with Crippen molar-refractivity contribution in [2.75, 3.05) is 6.61 Å². The van der Waals surface area contributed by atoms with Gasteiger partial charge in [-0.3, -0.25) is 0 Å². The molecule has 0 aromatic heterocycles. The van der Waals surface area contributed by atoms with Crippen molar-refractivity contribution in [1.82, 2.24) is 0 Å². The van der Waals surface area contributed by atoms with Crippen LogP contribution >= 0.6 is 0 Å². The molecule has 0 bridgehead atoms. The Labute approximate surface area is 91.4 Å². The zero-order chi connectivity index (χ0) is 11.6. The highest BCUT2D eigenvalue weighted by molar-refractivity contribution is 6.74. The topological polar surface area (TPSA) is 9.23 Å². The molecule has 0 saturated carbocycles. The van der Waals surface area contributed by atoms with Gasteiger partial charge in [-0.1, -0.05) is 41.5 Å². The van der Waals surface area contributed by atoms with E-state index in [0.29, 0.717) is 5.04 Å². The molecule has 0 aliphatic heterocycles. The lowest BCUT2D eigenvalue weighted by Crippen LogP contribution is -2.41. The van der Waals surface area contributed by atoms with Gasteiger partial charge < -0.3 is 4.43 Å². The average Bonchev–Trinajstić information content (AvgIpc) is 1.80. The van der Waals surface area contributed by atoms with Gasteiger partial charge in [-0.15, -0.1) is 0 Å². The van der Waals surface area contributed by atoms with Crippen molar-refractivity contribution in [3.8, 4) is 0 Å². The van der Waals surface area contributed by atoms with Gasteiger partial charge in [0.15, 0.2) is 8.32 Å². The SMILES string of the molecule is CC(C)(C)[CH]CO[Si](C)(C)C(C)(C)C. The van der Waals surface area contributed by atoms with Crippen molar-refractivity contribution in [2.24, 2.45) is 5.41 Å². The number of hydrogen-bond donors (Lipinski definition) is 0. The van der Waals surface area contributed by atoms with Gasteiger partial charge in [0.05, 0.1) is 0 Å². The summed E-state index contributed by atoms with van der Waals surface area (Å²) in [6.45, 7) is 18.8. The Kier molecular flexibility index (Phi) is 4.41. The maximum Gasteiger partial charge on any atom is 0.191 e. The van der Waals surface area contributed by atoms with E-state index in [0.717, 1.165) is 6.61 Å². The van der Waals surface area contributed by atoms with Crippen LogP contribution in [0.3, 0.4) is 0 Å². The summed E-state index contributed by atoms with van der Waals surface area (Å²) >= 11 is 0. The Hall–Kier alpha value is 0.177. The van der Waals surface area contributed by atoms with E-state index >= 15 is 0 Å². The van der Waals surface area contributed by atoms with E-state index in [4.69, 9.17) is 4.43 Å². The molecule has 0 aromatic rings. The van der Waals surface area contributed by atoms with Crippen LogP contribution in [0.2, 0.25) is 18.1 Å². The Balaban J connectivity index is 4.02. The Morgan fingerprint density at radius 1 is 1.00 bits per heavy atom. The third kappa shape index (κ3) is 5.16. The minimum absolute atomic E-state index is 0.266. The van der Waals surface area contributed by atoms with Gasteiger partial charge in [0, 0.05) is 6.61 Å². The highest BCUT2D eigenvalue weighted by Gasteiger charge is 2.37. The minimum Gasteiger partial charge on any atom is -0.417 e. The van der Waals surface area contributed by atoms with Crippen LogP contribution in [0.15, 0.2) is 0 Å². The fraction of sp³-hybridized carbons (Fsp3) is 0.917. The van der Waals surface area contributed by atoms with Crippen LogP contribution in [-0.2, 0) is 4.43 Å². The Bertz CT molecular complexity index is 172. The molecular weight excluding hydrogens is 188 g/mol. The van der Waals surface area contributed by atoms with Gasteiger partial charge in [-0.25, -0.2) is 0 Å². The molecule has 0 aliphatic carbocycles. The predicted molar refractivity (Wildman–Crippen MR) is 66.9 cm³/mol. The molecule has 0 spiro atoms. The molecule has 0 heterocycles. The fourth-order valence-electron chi connectivity index (χ4n) is 0.717. The lowest BCUT2D eigenvalue weighted by Gasteiger charge is -2.36. The molecule has 0 rings (SSSR count). The highest BCUT2D eigenvalue weighted by Crippen LogP contribution is 2.36. The zero-order valence-corrected chi connectivity index (χ0v) is 12.2. The summed E-state index contributed by atoms with van der Waals surface area (Å²) in [5, 5.41) is 0.318. The van der Waals surface area contributed by atoms with Crippen molar-refractivity contribution >= 4 is 8.32 Å². The summed E-state index contributed by atoms with van der Waals surface area (Å²) in [5.74, 6) is 0. The van der Waals surface area contributed by atoms with Crippen molar-refractivity contribution in [1.29, 1.82) is 0 Å². The standard InChI is InChI=1S/C12H27OSi/c1-11(2,3)9-10-13-14(7,8)12(4,5)6/h9H,10H2,1-8H3. The number of hydrogen-bond acceptors (Lipinski definition) is 1. The van der Waals surface area contributed by atoms with E-state index in [1.54, 1.807) is 0 Å². The van der Waals surface area contributed by atoms with Crippen LogP contribution in [0.4, 0.5) is 0 Å². The van der Waals surface area contributed by atoms with Crippen molar-refractivity contribution < 1.29 is 4.43 Å². The third-order valence-electron chi connectivity index (χ3n) is 2.95. The van der Waals surface area contributed by atoms with Crippen LogP contribution in [-0.4, -0.2) is 14.9 Å². The Morgan fingerprint density at radius 3 is 1.71 bits per heavy atom. The molecule has 0 N–H and O–H groups in total. The maximum absolute atomic E-state index is 6.05. The molecule has 14 heavy (non-hydrogen) atoms. The predicted octanol–water partition coefficient (Wildman–Crippen LogP) is 4.26. The summed E-state index contributed by atoms with van der Waals surface area (Å²) in [6, 6.07) is 0. The van der Waals surface area contributed by atoms with Gasteiger partial charge >= 0.3 is 0 Å². The van der Waals surface area contributed by atoms with Crippen LogP contribution in [0.25, 0.3) is 0 Å². The smallest absolute Gasteiger partial charge is 0.191 e. The molecule has 0 unspecified atom stereocenters. The first-order valence-electron chi connectivity index (χ1n) is 5.44.